The zero-order valence-corrected chi connectivity index (χ0v) is 14.1. The highest BCUT2D eigenvalue weighted by Gasteiger charge is 2.24. The van der Waals surface area contributed by atoms with Gasteiger partial charge in [0.25, 0.3) is 5.91 Å². The Balaban J connectivity index is 2.14. The number of aromatic nitrogens is 1. The number of thiazole rings is 1. The van der Waals surface area contributed by atoms with Crippen LogP contribution in [0, 0.1) is 0 Å². The Bertz CT molecular complexity index is 605. The predicted octanol–water partition coefficient (Wildman–Crippen LogP) is 4.13. The minimum Gasteiger partial charge on any atom is -0.342 e. The Hall–Kier alpha value is -1.20. The average Bonchev–Trinajstić information content (AvgIpc) is 2.87. The third-order valence-electron chi connectivity index (χ3n) is 3.07. The number of halogens is 1. The minimum atomic E-state index is -0.422. The number of nitrogens with zero attached hydrogens (tertiary/aromatic N) is 1. The molecule has 0 spiro atoms. The van der Waals surface area contributed by atoms with Crippen LogP contribution in [0.1, 0.15) is 41.0 Å². The van der Waals surface area contributed by atoms with E-state index in [1.807, 2.05) is 45.0 Å². The van der Waals surface area contributed by atoms with E-state index in [2.05, 4.69) is 26.2 Å². The van der Waals surface area contributed by atoms with Crippen molar-refractivity contribution in [2.24, 2.45) is 0 Å². The first-order valence-corrected chi connectivity index (χ1v) is 8.06. The summed E-state index contributed by atoms with van der Waals surface area (Å²) in [6.07, 6.45) is 2.50. The third kappa shape index (κ3) is 3.46. The lowest BCUT2D eigenvalue weighted by Crippen LogP contribution is -2.40. The number of nitrogens with one attached hydrogen (secondary N) is 1. The van der Waals surface area contributed by atoms with Crippen LogP contribution in [-0.2, 0) is 12.0 Å². The Morgan fingerprint density at radius 2 is 2.00 bits per heavy atom. The van der Waals surface area contributed by atoms with E-state index in [4.69, 9.17) is 0 Å². The summed E-state index contributed by atoms with van der Waals surface area (Å²) in [6, 6.07) is 7.97. The van der Waals surface area contributed by atoms with Gasteiger partial charge < -0.3 is 5.32 Å². The first-order valence-electron chi connectivity index (χ1n) is 6.45. The molecule has 2 aromatic rings. The molecular weight excluding hydrogens is 336 g/mol. The monoisotopic (exact) mass is 352 g/mol. The van der Waals surface area contributed by atoms with Crippen molar-refractivity contribution < 1.29 is 4.79 Å². The van der Waals surface area contributed by atoms with Crippen molar-refractivity contribution in [1.29, 1.82) is 0 Å². The number of hydrogen-bond donors (Lipinski definition) is 1. The normalized spacial score (nSPS) is 11.4. The molecule has 0 unspecified atom stereocenters. The number of benzene rings is 1. The maximum Gasteiger partial charge on any atom is 0.263 e. The van der Waals surface area contributed by atoms with E-state index in [0.29, 0.717) is 4.88 Å². The van der Waals surface area contributed by atoms with Crippen molar-refractivity contribution >= 4 is 33.2 Å². The van der Waals surface area contributed by atoms with Crippen LogP contribution in [-0.4, -0.2) is 10.9 Å². The van der Waals surface area contributed by atoms with Crippen molar-refractivity contribution in [2.75, 3.05) is 0 Å². The second-order valence-electron chi connectivity index (χ2n) is 5.06. The van der Waals surface area contributed by atoms with Crippen LogP contribution in [0.15, 0.2) is 34.9 Å². The lowest BCUT2D eigenvalue weighted by molar-refractivity contribution is 0.0916. The van der Waals surface area contributed by atoms with Gasteiger partial charge in [0.15, 0.2) is 0 Å². The van der Waals surface area contributed by atoms with Crippen LogP contribution in [0.2, 0.25) is 0 Å². The van der Waals surface area contributed by atoms with Gasteiger partial charge in [-0.1, -0.05) is 35.0 Å². The maximum atomic E-state index is 12.3. The highest BCUT2D eigenvalue weighted by Crippen LogP contribution is 2.23. The first-order chi connectivity index (χ1) is 9.42. The fourth-order valence-electron chi connectivity index (χ4n) is 1.86. The molecule has 106 valence electrons. The Morgan fingerprint density at radius 3 is 2.55 bits per heavy atom. The number of rotatable bonds is 4. The molecular formula is C15H17BrN2OS. The van der Waals surface area contributed by atoms with Gasteiger partial charge in [0, 0.05) is 4.47 Å². The van der Waals surface area contributed by atoms with Gasteiger partial charge in [-0.15, -0.1) is 11.3 Å². The maximum absolute atomic E-state index is 12.3. The molecule has 0 radical (unpaired) electrons. The average molecular weight is 353 g/mol. The Morgan fingerprint density at radius 1 is 1.35 bits per heavy atom. The number of carbonyl (C=O) groups excluding carboxylic acids is 1. The largest absolute Gasteiger partial charge is 0.342 e. The molecule has 0 saturated heterocycles. The molecule has 0 aliphatic carbocycles. The lowest BCUT2D eigenvalue weighted by atomic mass is 9.94. The van der Waals surface area contributed by atoms with Gasteiger partial charge in [-0.2, -0.15) is 0 Å². The summed E-state index contributed by atoms with van der Waals surface area (Å²) in [5.74, 6) is -0.0740. The van der Waals surface area contributed by atoms with Crippen LogP contribution in [0.4, 0.5) is 0 Å². The fraction of sp³-hybridized carbons (Fsp3) is 0.333. The van der Waals surface area contributed by atoms with E-state index in [9.17, 15) is 4.79 Å². The molecule has 1 aromatic heterocycles. The van der Waals surface area contributed by atoms with Gasteiger partial charge in [-0.3, -0.25) is 4.79 Å². The van der Waals surface area contributed by atoms with Gasteiger partial charge in [0.1, 0.15) is 4.88 Å². The van der Waals surface area contributed by atoms with Crippen molar-refractivity contribution in [3.8, 4) is 0 Å². The predicted molar refractivity (Wildman–Crippen MR) is 86.1 cm³/mol. The summed E-state index contributed by atoms with van der Waals surface area (Å²) in [5, 5.41) is 4.04. The summed E-state index contributed by atoms with van der Waals surface area (Å²) >= 11 is 4.87. The van der Waals surface area contributed by atoms with Crippen LogP contribution < -0.4 is 5.32 Å². The minimum absolute atomic E-state index is 0.0740. The molecule has 5 heteroatoms. The van der Waals surface area contributed by atoms with Crippen LogP contribution in [0.25, 0.3) is 0 Å². The van der Waals surface area contributed by atoms with Gasteiger partial charge >= 0.3 is 0 Å². The molecule has 0 atom stereocenters. The van der Waals surface area contributed by atoms with Gasteiger partial charge in [-0.05, 0) is 38.0 Å². The van der Waals surface area contributed by atoms with Crippen LogP contribution in [0.3, 0.4) is 0 Å². The number of aryl methyl sites for hydroxylation is 1. The number of amides is 1. The fourth-order valence-corrected chi connectivity index (χ4v) is 2.88. The summed E-state index contributed by atoms with van der Waals surface area (Å²) in [7, 11) is 0. The van der Waals surface area contributed by atoms with E-state index >= 15 is 0 Å². The van der Waals surface area contributed by atoms with Gasteiger partial charge in [-0.25, -0.2) is 4.98 Å². The topological polar surface area (TPSA) is 42.0 Å². The molecule has 1 aromatic carbocycles. The first kappa shape index (κ1) is 15.2. The second kappa shape index (κ2) is 6.06. The van der Waals surface area contributed by atoms with Crippen molar-refractivity contribution in [2.45, 2.75) is 32.7 Å². The summed E-state index contributed by atoms with van der Waals surface area (Å²) in [4.78, 5) is 17.2. The van der Waals surface area contributed by atoms with Gasteiger partial charge in [0.05, 0.1) is 16.7 Å². The van der Waals surface area contributed by atoms with E-state index in [0.717, 1.165) is 21.5 Å². The molecule has 0 fully saturated rings. The quantitative estimate of drug-likeness (QED) is 0.898. The number of carbonyl (C=O) groups is 1. The van der Waals surface area contributed by atoms with Gasteiger partial charge in [0.2, 0.25) is 0 Å². The Kier molecular flexibility index (Phi) is 4.60. The molecule has 0 aliphatic heterocycles. The zero-order chi connectivity index (χ0) is 14.8. The molecule has 0 saturated carbocycles. The van der Waals surface area contributed by atoms with Crippen LogP contribution in [0.5, 0.6) is 0 Å². The smallest absolute Gasteiger partial charge is 0.263 e. The van der Waals surface area contributed by atoms with E-state index in [-0.39, 0.29) is 5.91 Å². The highest BCUT2D eigenvalue weighted by molar-refractivity contribution is 9.10. The molecule has 20 heavy (non-hydrogen) atoms. The standard InChI is InChI=1S/C15H17BrN2OS/c1-4-13-17-9-12(20-13)14(19)18-15(2,3)10-5-7-11(16)8-6-10/h5-9H,4H2,1-3H3,(H,18,19). The van der Waals surface area contributed by atoms with Crippen molar-refractivity contribution in [3.63, 3.8) is 0 Å². The molecule has 1 amide bonds. The Labute approximate surface area is 131 Å². The SMILES string of the molecule is CCc1ncc(C(=O)NC(C)(C)c2ccc(Br)cc2)s1. The number of hydrogen-bond acceptors (Lipinski definition) is 3. The molecule has 0 aliphatic rings. The molecule has 1 heterocycles. The highest BCUT2D eigenvalue weighted by atomic mass is 79.9. The summed E-state index contributed by atoms with van der Waals surface area (Å²) in [5.41, 5.74) is 0.642. The van der Waals surface area contributed by atoms with E-state index in [1.165, 1.54) is 11.3 Å². The molecule has 0 bridgehead atoms. The van der Waals surface area contributed by atoms with E-state index < -0.39 is 5.54 Å². The third-order valence-corrected chi connectivity index (χ3v) is 4.74. The van der Waals surface area contributed by atoms with Crippen molar-refractivity contribution in [1.82, 2.24) is 10.3 Å². The molecule has 3 nitrogen and oxygen atoms in total. The zero-order valence-electron chi connectivity index (χ0n) is 11.7. The summed E-state index contributed by atoms with van der Waals surface area (Å²) < 4.78 is 1.03. The summed E-state index contributed by atoms with van der Waals surface area (Å²) in [6.45, 7) is 6.03. The second-order valence-corrected chi connectivity index (χ2v) is 7.09. The molecule has 1 N–H and O–H groups in total. The van der Waals surface area contributed by atoms with Crippen molar-refractivity contribution in [3.05, 3.63) is 50.4 Å². The van der Waals surface area contributed by atoms with Crippen LogP contribution >= 0.6 is 27.3 Å². The lowest BCUT2D eigenvalue weighted by Gasteiger charge is -2.26. The molecule has 2 rings (SSSR count). The van der Waals surface area contributed by atoms with E-state index in [1.54, 1.807) is 6.20 Å².